The fraction of sp³-hybridized carbons (Fsp3) is 0.467. The first kappa shape index (κ1) is 14.5. The van der Waals surface area contributed by atoms with E-state index in [0.29, 0.717) is 11.5 Å². The zero-order valence-electron chi connectivity index (χ0n) is 12.9. The molecule has 1 aliphatic rings. The van der Waals surface area contributed by atoms with Crippen LogP contribution in [0.1, 0.15) is 34.8 Å². The molecular weight excluding hydrogens is 280 g/mol. The summed E-state index contributed by atoms with van der Waals surface area (Å²) in [7, 11) is 3.65. The van der Waals surface area contributed by atoms with Gasteiger partial charge in [-0.05, 0) is 12.8 Å². The number of aromatic nitrogens is 4. The molecule has 7 nitrogen and oxygen atoms in total. The van der Waals surface area contributed by atoms with Crippen LogP contribution in [0.3, 0.4) is 0 Å². The van der Waals surface area contributed by atoms with Gasteiger partial charge < -0.3 is 10.2 Å². The summed E-state index contributed by atoms with van der Waals surface area (Å²) in [6.45, 7) is 1.48. The number of nitrogens with one attached hydrogen (secondary N) is 1. The summed E-state index contributed by atoms with van der Waals surface area (Å²) in [5, 5.41) is 7.07. The summed E-state index contributed by atoms with van der Waals surface area (Å²) in [5.41, 5.74) is 1.65. The first-order valence-electron chi connectivity index (χ1n) is 7.45. The zero-order chi connectivity index (χ0) is 15.5. The van der Waals surface area contributed by atoms with Crippen molar-refractivity contribution >= 4 is 11.7 Å². The molecule has 1 saturated heterocycles. The molecule has 1 N–H and O–H groups in total. The summed E-state index contributed by atoms with van der Waals surface area (Å²) < 4.78 is 1.65. The Morgan fingerprint density at radius 2 is 2.05 bits per heavy atom. The zero-order valence-corrected chi connectivity index (χ0v) is 12.9. The van der Waals surface area contributed by atoms with Gasteiger partial charge in [0.15, 0.2) is 0 Å². The topological polar surface area (TPSA) is 75.9 Å². The van der Waals surface area contributed by atoms with E-state index in [1.807, 2.05) is 25.2 Å². The minimum absolute atomic E-state index is 0.0570. The minimum Gasteiger partial charge on any atom is -0.372 e. The van der Waals surface area contributed by atoms with E-state index in [0.717, 1.165) is 37.4 Å². The Kier molecular flexibility index (Phi) is 4.04. The number of hydrogen-bond donors (Lipinski definition) is 1. The Morgan fingerprint density at radius 3 is 2.68 bits per heavy atom. The van der Waals surface area contributed by atoms with Gasteiger partial charge >= 0.3 is 0 Å². The van der Waals surface area contributed by atoms with Crippen LogP contribution in [0.5, 0.6) is 0 Å². The molecule has 1 fully saturated rings. The van der Waals surface area contributed by atoms with Crippen molar-refractivity contribution in [2.45, 2.75) is 18.8 Å². The number of amides is 1. The van der Waals surface area contributed by atoms with Gasteiger partial charge in [0, 0.05) is 45.5 Å². The molecule has 0 bridgehead atoms. The highest BCUT2D eigenvalue weighted by atomic mass is 16.2. The molecule has 0 aromatic carbocycles. The lowest BCUT2D eigenvalue weighted by Gasteiger charge is -2.31. The Bertz CT molecular complexity index is 660. The van der Waals surface area contributed by atoms with Gasteiger partial charge in [-0.25, -0.2) is 4.98 Å². The summed E-state index contributed by atoms with van der Waals surface area (Å²) in [6, 6.07) is 0. The summed E-state index contributed by atoms with van der Waals surface area (Å²) in [6.07, 6.45) is 8.74. The number of rotatable bonds is 3. The lowest BCUT2D eigenvalue weighted by atomic mass is 9.93. The second kappa shape index (κ2) is 6.13. The van der Waals surface area contributed by atoms with Crippen LogP contribution in [0, 0.1) is 0 Å². The minimum atomic E-state index is 0.0570. The van der Waals surface area contributed by atoms with E-state index in [-0.39, 0.29) is 5.91 Å². The van der Waals surface area contributed by atoms with Crippen LogP contribution in [0.25, 0.3) is 0 Å². The van der Waals surface area contributed by atoms with Crippen LogP contribution in [0.15, 0.2) is 24.8 Å². The van der Waals surface area contributed by atoms with Gasteiger partial charge in [0.25, 0.3) is 5.91 Å². The van der Waals surface area contributed by atoms with Crippen molar-refractivity contribution in [3.8, 4) is 0 Å². The third-order valence-electron chi connectivity index (χ3n) is 4.06. The standard InChI is InChI=1S/C15H20N6O/c1-16-14-9-17-8-13(19-14)11-3-5-21(6-4-11)15(22)12-7-18-20(2)10-12/h7-11H,3-6H2,1-2H3,(H,16,19). The molecule has 2 aromatic rings. The van der Waals surface area contributed by atoms with E-state index in [1.165, 1.54) is 0 Å². The van der Waals surface area contributed by atoms with Crippen LogP contribution in [0.2, 0.25) is 0 Å². The summed E-state index contributed by atoms with van der Waals surface area (Å²) >= 11 is 0. The van der Waals surface area contributed by atoms with Crippen LogP contribution in [-0.2, 0) is 7.05 Å². The lowest BCUT2D eigenvalue weighted by molar-refractivity contribution is 0.0712. The Hall–Kier alpha value is -2.44. The van der Waals surface area contributed by atoms with Crippen molar-refractivity contribution in [3.05, 3.63) is 36.0 Å². The largest absolute Gasteiger partial charge is 0.372 e. The first-order valence-corrected chi connectivity index (χ1v) is 7.45. The lowest BCUT2D eigenvalue weighted by Crippen LogP contribution is -2.38. The van der Waals surface area contributed by atoms with Crippen LogP contribution >= 0.6 is 0 Å². The van der Waals surface area contributed by atoms with Gasteiger partial charge in [-0.15, -0.1) is 0 Å². The van der Waals surface area contributed by atoms with Crippen LogP contribution in [-0.4, -0.2) is 50.7 Å². The quantitative estimate of drug-likeness (QED) is 0.924. The fourth-order valence-corrected chi connectivity index (χ4v) is 2.79. The second-order valence-corrected chi connectivity index (χ2v) is 5.55. The number of piperidine rings is 1. The number of carbonyl (C=O) groups is 1. The van der Waals surface area contributed by atoms with Crippen LogP contribution < -0.4 is 5.32 Å². The maximum atomic E-state index is 12.4. The maximum Gasteiger partial charge on any atom is 0.257 e. The highest BCUT2D eigenvalue weighted by Crippen LogP contribution is 2.27. The maximum absolute atomic E-state index is 12.4. The average Bonchev–Trinajstić information content (AvgIpc) is 3.01. The third-order valence-corrected chi connectivity index (χ3v) is 4.06. The Balaban J connectivity index is 1.63. The molecule has 1 amide bonds. The van der Waals surface area contributed by atoms with Crippen LogP contribution in [0.4, 0.5) is 5.82 Å². The van der Waals surface area contributed by atoms with Gasteiger partial charge in [0.2, 0.25) is 0 Å². The molecule has 0 spiro atoms. The second-order valence-electron chi connectivity index (χ2n) is 5.55. The predicted octanol–water partition coefficient (Wildman–Crippen LogP) is 1.27. The number of anilines is 1. The van der Waals surface area contributed by atoms with E-state index in [1.54, 1.807) is 23.3 Å². The smallest absolute Gasteiger partial charge is 0.257 e. The third kappa shape index (κ3) is 2.93. The van der Waals surface area contributed by atoms with Crippen molar-refractivity contribution in [1.82, 2.24) is 24.6 Å². The molecule has 3 rings (SSSR count). The average molecular weight is 300 g/mol. The fourth-order valence-electron chi connectivity index (χ4n) is 2.79. The number of hydrogen-bond acceptors (Lipinski definition) is 5. The van der Waals surface area contributed by atoms with E-state index in [2.05, 4.69) is 20.4 Å². The first-order chi connectivity index (χ1) is 10.7. The van der Waals surface area contributed by atoms with Crippen molar-refractivity contribution in [3.63, 3.8) is 0 Å². The van der Waals surface area contributed by atoms with Crippen molar-refractivity contribution < 1.29 is 4.79 Å². The molecule has 3 heterocycles. The SMILES string of the molecule is CNc1cncc(C2CCN(C(=O)c3cnn(C)c3)CC2)n1. The van der Waals surface area contributed by atoms with E-state index in [4.69, 9.17) is 0 Å². The number of carbonyl (C=O) groups excluding carboxylic acids is 1. The van der Waals surface area contributed by atoms with Crippen molar-refractivity contribution in [2.75, 3.05) is 25.5 Å². The van der Waals surface area contributed by atoms with E-state index >= 15 is 0 Å². The van der Waals surface area contributed by atoms with Gasteiger partial charge in [-0.1, -0.05) is 0 Å². The van der Waals surface area contributed by atoms with Crippen molar-refractivity contribution in [1.29, 1.82) is 0 Å². The molecular formula is C15H20N6O. The normalized spacial score (nSPS) is 15.8. The predicted molar refractivity (Wildman–Crippen MR) is 82.7 cm³/mol. The summed E-state index contributed by atoms with van der Waals surface area (Å²) in [5.74, 6) is 1.20. The number of likely N-dealkylation sites (tertiary alicyclic amines) is 1. The molecule has 0 atom stereocenters. The number of aryl methyl sites for hydroxylation is 1. The molecule has 22 heavy (non-hydrogen) atoms. The molecule has 7 heteroatoms. The van der Waals surface area contributed by atoms with Crippen molar-refractivity contribution in [2.24, 2.45) is 7.05 Å². The highest BCUT2D eigenvalue weighted by Gasteiger charge is 2.26. The summed E-state index contributed by atoms with van der Waals surface area (Å²) in [4.78, 5) is 23.1. The monoisotopic (exact) mass is 300 g/mol. The number of nitrogens with zero attached hydrogens (tertiary/aromatic N) is 5. The van der Waals surface area contributed by atoms with Gasteiger partial charge in [0.05, 0.1) is 23.7 Å². The molecule has 0 aliphatic carbocycles. The Morgan fingerprint density at radius 1 is 1.27 bits per heavy atom. The molecule has 116 valence electrons. The highest BCUT2D eigenvalue weighted by molar-refractivity contribution is 5.93. The molecule has 0 radical (unpaired) electrons. The molecule has 1 aliphatic heterocycles. The van der Waals surface area contributed by atoms with E-state index < -0.39 is 0 Å². The van der Waals surface area contributed by atoms with Gasteiger partial charge in [-0.2, -0.15) is 5.10 Å². The van der Waals surface area contributed by atoms with Gasteiger partial charge in [0.1, 0.15) is 5.82 Å². The molecule has 0 unspecified atom stereocenters. The molecule has 2 aromatic heterocycles. The molecule has 0 saturated carbocycles. The Labute approximate surface area is 129 Å². The van der Waals surface area contributed by atoms with E-state index in [9.17, 15) is 4.79 Å². The van der Waals surface area contributed by atoms with Gasteiger partial charge in [-0.3, -0.25) is 14.5 Å².